The lowest BCUT2D eigenvalue weighted by Crippen LogP contribution is -2.40. The second-order valence-corrected chi connectivity index (χ2v) is 11.2. The van der Waals surface area contributed by atoms with Gasteiger partial charge >= 0.3 is 0 Å². The average Bonchev–Trinajstić information content (AvgIpc) is 3.43. The van der Waals surface area contributed by atoms with Crippen LogP contribution in [0.5, 0.6) is 5.75 Å². The molecule has 2 aliphatic rings. The monoisotopic (exact) mass is 621 g/mol. The van der Waals surface area contributed by atoms with Gasteiger partial charge in [-0.15, -0.1) is 0 Å². The fourth-order valence-electron chi connectivity index (χ4n) is 5.83. The van der Waals surface area contributed by atoms with E-state index in [-0.39, 0.29) is 0 Å². The minimum Gasteiger partial charge on any atom is -0.461 e. The molecule has 0 saturated heterocycles. The van der Waals surface area contributed by atoms with Crippen LogP contribution in [0.4, 0.5) is 5.69 Å². The topological polar surface area (TPSA) is 54.7 Å². The van der Waals surface area contributed by atoms with Crippen molar-refractivity contribution in [3.8, 4) is 5.75 Å². The van der Waals surface area contributed by atoms with Gasteiger partial charge in [0.15, 0.2) is 0 Å². The number of aromatic nitrogens is 2. The second kappa shape index (κ2) is 10.6. The molecule has 3 heterocycles. The van der Waals surface area contributed by atoms with E-state index in [0.717, 1.165) is 43.9 Å². The Bertz CT molecular complexity index is 1670. The van der Waals surface area contributed by atoms with Crippen LogP contribution in [0.25, 0.3) is 0 Å². The zero-order valence-electron chi connectivity index (χ0n) is 21.9. The molecule has 1 aromatic heterocycles. The highest BCUT2D eigenvalue weighted by Crippen LogP contribution is 2.43. The number of rotatable bonds is 6. The van der Waals surface area contributed by atoms with E-state index in [2.05, 4.69) is 98.6 Å². The van der Waals surface area contributed by atoms with E-state index in [1.54, 1.807) is 6.26 Å². The minimum absolute atomic E-state index is 0.417. The zero-order valence-corrected chi connectivity index (χ0v) is 24.3. The third kappa shape index (κ3) is 4.33. The van der Waals surface area contributed by atoms with Crippen LogP contribution in [0.1, 0.15) is 27.9 Å². The maximum Gasteiger partial charge on any atom is 0.146 e. The molecule has 5 aromatic rings. The summed E-state index contributed by atoms with van der Waals surface area (Å²) in [7, 11) is 0. The van der Waals surface area contributed by atoms with Gasteiger partial charge in [-0.2, -0.15) is 0 Å². The van der Waals surface area contributed by atoms with E-state index in [4.69, 9.17) is 26.3 Å². The van der Waals surface area contributed by atoms with Gasteiger partial charge in [0.05, 0.1) is 36.0 Å². The van der Waals surface area contributed by atoms with Crippen molar-refractivity contribution in [3.05, 3.63) is 159 Å². The van der Waals surface area contributed by atoms with Gasteiger partial charge < -0.3 is 19.5 Å². The van der Waals surface area contributed by atoms with Gasteiger partial charge in [0.1, 0.15) is 35.2 Å². The first-order valence-corrected chi connectivity index (χ1v) is 14.4. The van der Waals surface area contributed by atoms with Gasteiger partial charge in [-0.05, 0) is 28.8 Å². The molecule has 0 spiro atoms. The number of halogens is 2. The van der Waals surface area contributed by atoms with Crippen molar-refractivity contribution < 1.29 is 4.74 Å². The summed E-state index contributed by atoms with van der Waals surface area (Å²) in [6, 6.07) is 35.6. The van der Waals surface area contributed by atoms with Crippen molar-refractivity contribution in [2.45, 2.75) is 12.1 Å². The largest absolute Gasteiger partial charge is 0.461 e. The normalized spacial score (nSPS) is 14.2. The highest BCUT2D eigenvalue weighted by molar-refractivity contribution is 9.10. The van der Waals surface area contributed by atoms with Crippen molar-refractivity contribution in [2.24, 2.45) is 4.99 Å². The Hall–Kier alpha value is -4.33. The van der Waals surface area contributed by atoms with Gasteiger partial charge in [0, 0.05) is 4.47 Å². The summed E-state index contributed by atoms with van der Waals surface area (Å²) < 4.78 is 9.20. The molecule has 0 fully saturated rings. The molecule has 0 bridgehead atoms. The van der Waals surface area contributed by atoms with Crippen LogP contribution in [-0.4, -0.2) is 27.0 Å². The molecule has 2 aliphatic heterocycles. The summed E-state index contributed by atoms with van der Waals surface area (Å²) in [6.07, 6.45) is 5.39. The fraction of sp³-hybridized carbons (Fsp3) is 0.0909. The van der Waals surface area contributed by atoms with E-state index >= 15 is 0 Å². The Labute approximate surface area is 251 Å². The molecule has 7 rings (SSSR count). The molecule has 1 N–H and O–H groups in total. The molecular weight excluding hydrogens is 598 g/mol. The molecule has 6 nitrogen and oxygen atoms in total. The van der Waals surface area contributed by atoms with Gasteiger partial charge in [0.25, 0.3) is 0 Å². The maximum absolute atomic E-state index is 6.92. The Morgan fingerprint density at radius 2 is 1.49 bits per heavy atom. The summed E-state index contributed by atoms with van der Waals surface area (Å²) in [6.45, 7) is 0.848. The summed E-state index contributed by atoms with van der Waals surface area (Å²) in [4.78, 5) is 11.5. The number of hydrogen-bond acceptors (Lipinski definition) is 5. The SMILES string of the molecule is ClC1=COc2cc(Br)cc3c2C(=NCN3)N1Cc1cncn1C(c1ccccc1)(c1ccccc1)c1ccccc1. The highest BCUT2D eigenvalue weighted by Gasteiger charge is 2.40. The van der Waals surface area contributed by atoms with Crippen LogP contribution in [0.3, 0.4) is 0 Å². The first-order chi connectivity index (χ1) is 20.2. The standard InChI is InChI=1S/C33H25BrClN5O/c34-26-16-28-31-29(17-26)41-20-30(35)39(32(31)38-21-37-28)19-27-18-36-22-40(27)33(23-10-4-1-5-11-23,24-12-6-2-7-13-24)25-14-8-3-9-15-25/h1-18,20,22,37H,19,21H2. The summed E-state index contributed by atoms with van der Waals surface area (Å²) >= 11 is 10.5. The average molecular weight is 623 g/mol. The number of ether oxygens (including phenoxy) is 1. The molecule has 4 aromatic carbocycles. The number of anilines is 1. The van der Waals surface area contributed by atoms with Crippen LogP contribution < -0.4 is 10.1 Å². The van der Waals surface area contributed by atoms with Crippen molar-refractivity contribution in [3.63, 3.8) is 0 Å². The number of aliphatic imine (C=N–C) groups is 1. The second-order valence-electron chi connectivity index (χ2n) is 9.85. The Morgan fingerprint density at radius 3 is 2.10 bits per heavy atom. The lowest BCUT2D eigenvalue weighted by molar-refractivity contribution is 0.437. The molecule has 0 atom stereocenters. The number of imidazole rings is 1. The third-order valence-corrected chi connectivity index (χ3v) is 8.31. The number of hydrogen-bond donors (Lipinski definition) is 1. The Morgan fingerprint density at radius 1 is 0.878 bits per heavy atom. The minimum atomic E-state index is -0.696. The first kappa shape index (κ1) is 25.6. The van der Waals surface area contributed by atoms with Crippen molar-refractivity contribution >= 4 is 39.1 Å². The molecule has 8 heteroatoms. The number of benzene rings is 4. The lowest BCUT2D eigenvalue weighted by atomic mass is 9.76. The predicted octanol–water partition coefficient (Wildman–Crippen LogP) is 7.55. The molecule has 0 amide bonds. The Balaban J connectivity index is 1.43. The van der Waals surface area contributed by atoms with Crippen molar-refractivity contribution in [2.75, 3.05) is 12.0 Å². The van der Waals surface area contributed by atoms with Crippen LogP contribution in [0.2, 0.25) is 0 Å². The summed E-state index contributed by atoms with van der Waals surface area (Å²) in [5.41, 5.74) is 5.43. The fourth-order valence-corrected chi connectivity index (χ4v) is 6.45. The number of nitrogens with one attached hydrogen (secondary N) is 1. The van der Waals surface area contributed by atoms with Crippen LogP contribution in [0, 0.1) is 0 Å². The molecule has 0 aliphatic carbocycles. The first-order valence-electron chi connectivity index (χ1n) is 13.3. The van der Waals surface area contributed by atoms with E-state index in [9.17, 15) is 0 Å². The van der Waals surface area contributed by atoms with Gasteiger partial charge in [-0.1, -0.05) is 119 Å². The third-order valence-electron chi connectivity index (χ3n) is 7.56. The Kier molecular flexibility index (Phi) is 6.61. The number of amidine groups is 1. The molecule has 202 valence electrons. The van der Waals surface area contributed by atoms with E-state index < -0.39 is 5.54 Å². The van der Waals surface area contributed by atoms with E-state index in [0.29, 0.717) is 24.1 Å². The quantitative estimate of drug-likeness (QED) is 0.157. The lowest BCUT2D eigenvalue weighted by Gasteiger charge is -2.39. The molecule has 0 saturated carbocycles. The van der Waals surface area contributed by atoms with Crippen LogP contribution >= 0.6 is 27.5 Å². The van der Waals surface area contributed by atoms with Crippen molar-refractivity contribution in [1.82, 2.24) is 14.5 Å². The molecule has 41 heavy (non-hydrogen) atoms. The molecule has 0 radical (unpaired) electrons. The molecular formula is C33H25BrClN5O. The summed E-state index contributed by atoms with van der Waals surface area (Å²) in [5.74, 6) is 1.43. The van der Waals surface area contributed by atoms with Gasteiger partial charge in [0.2, 0.25) is 0 Å². The van der Waals surface area contributed by atoms with E-state index in [1.165, 1.54) is 0 Å². The van der Waals surface area contributed by atoms with Gasteiger partial charge in [-0.25, -0.2) is 9.98 Å². The maximum atomic E-state index is 6.92. The smallest absolute Gasteiger partial charge is 0.146 e. The van der Waals surface area contributed by atoms with E-state index in [1.807, 2.05) is 47.8 Å². The van der Waals surface area contributed by atoms with Crippen LogP contribution in [0.15, 0.2) is 137 Å². The number of nitrogens with zero attached hydrogens (tertiary/aromatic N) is 4. The predicted molar refractivity (Wildman–Crippen MR) is 166 cm³/mol. The zero-order chi connectivity index (χ0) is 27.8. The summed E-state index contributed by atoms with van der Waals surface area (Å²) in [5, 5.41) is 3.79. The van der Waals surface area contributed by atoms with Crippen LogP contribution in [-0.2, 0) is 12.1 Å². The molecule has 0 unspecified atom stereocenters. The highest BCUT2D eigenvalue weighted by atomic mass is 79.9. The van der Waals surface area contributed by atoms with Gasteiger partial charge in [-0.3, -0.25) is 0 Å². The van der Waals surface area contributed by atoms with Crippen molar-refractivity contribution in [1.29, 1.82) is 0 Å².